The summed E-state index contributed by atoms with van der Waals surface area (Å²) >= 11 is 7.28. The Morgan fingerprint density at radius 1 is 1.09 bits per heavy atom. The van der Waals surface area contributed by atoms with E-state index in [0.717, 1.165) is 49.2 Å². The van der Waals surface area contributed by atoms with Gasteiger partial charge in [0.25, 0.3) is 0 Å². The van der Waals surface area contributed by atoms with Crippen molar-refractivity contribution in [2.45, 2.75) is 6.42 Å². The van der Waals surface area contributed by atoms with Crippen LogP contribution in [0.25, 0.3) is 6.08 Å². The second kappa shape index (κ2) is 11.4. The predicted molar refractivity (Wildman–Crippen MR) is 136 cm³/mol. The third kappa shape index (κ3) is 6.87. The monoisotopic (exact) mass is 481 g/mol. The number of likely N-dealkylation sites (N-methyl/N-ethyl adjacent to an activating group) is 1. The molecule has 1 aliphatic rings. The Hall–Kier alpha value is -2.74. The first kappa shape index (κ1) is 23.4. The SMILES string of the molecule is CN(CC(=O)N1CCN(C/C=C/c2ccccc2)CC1)c1nc(Cc2ccc(Cl)cc2)ns1. The number of hydrogen-bond acceptors (Lipinski definition) is 6. The molecular weight excluding hydrogens is 454 g/mol. The van der Waals surface area contributed by atoms with Gasteiger partial charge in [-0.2, -0.15) is 4.37 Å². The molecule has 0 aliphatic carbocycles. The third-order valence-electron chi connectivity index (χ3n) is 5.63. The Morgan fingerprint density at radius 3 is 2.55 bits per heavy atom. The number of carbonyl (C=O) groups is 1. The van der Waals surface area contributed by atoms with Crippen molar-refractivity contribution in [3.05, 3.63) is 82.6 Å². The van der Waals surface area contributed by atoms with E-state index in [4.69, 9.17) is 11.6 Å². The minimum atomic E-state index is 0.131. The van der Waals surface area contributed by atoms with Gasteiger partial charge in [-0.25, -0.2) is 4.98 Å². The first-order valence-electron chi connectivity index (χ1n) is 11.1. The molecule has 6 nitrogen and oxygen atoms in total. The van der Waals surface area contributed by atoms with Gasteiger partial charge in [0.2, 0.25) is 11.0 Å². The summed E-state index contributed by atoms with van der Waals surface area (Å²) in [6.07, 6.45) is 4.99. The lowest BCUT2D eigenvalue weighted by molar-refractivity contribution is -0.131. The summed E-state index contributed by atoms with van der Waals surface area (Å²) in [5, 5.41) is 1.48. The number of benzene rings is 2. The maximum absolute atomic E-state index is 12.8. The molecule has 2 aromatic carbocycles. The van der Waals surface area contributed by atoms with Crippen LogP contribution in [0.15, 0.2) is 60.7 Å². The lowest BCUT2D eigenvalue weighted by atomic mass is 10.1. The van der Waals surface area contributed by atoms with Crippen LogP contribution in [0.3, 0.4) is 0 Å². The molecule has 0 N–H and O–H groups in total. The summed E-state index contributed by atoms with van der Waals surface area (Å²) in [5.74, 6) is 0.889. The van der Waals surface area contributed by atoms with E-state index < -0.39 is 0 Å². The molecule has 1 aromatic heterocycles. The second-order valence-corrected chi connectivity index (χ2v) is 9.31. The molecule has 0 saturated carbocycles. The summed E-state index contributed by atoms with van der Waals surface area (Å²) in [7, 11) is 1.90. The molecule has 3 aromatic rings. The molecular formula is C25H28ClN5OS. The van der Waals surface area contributed by atoms with Crippen LogP contribution in [-0.4, -0.2) is 71.4 Å². The van der Waals surface area contributed by atoms with Gasteiger partial charge in [0, 0.05) is 62.7 Å². The van der Waals surface area contributed by atoms with Gasteiger partial charge in [-0.15, -0.1) is 0 Å². The van der Waals surface area contributed by atoms with Gasteiger partial charge in [-0.3, -0.25) is 9.69 Å². The molecule has 0 spiro atoms. The normalized spacial score (nSPS) is 14.7. The molecule has 1 fully saturated rings. The number of halogens is 1. The van der Waals surface area contributed by atoms with E-state index in [9.17, 15) is 4.79 Å². The average Bonchev–Trinajstić information content (AvgIpc) is 3.30. The molecule has 2 heterocycles. The van der Waals surface area contributed by atoms with Crippen molar-refractivity contribution in [1.82, 2.24) is 19.2 Å². The van der Waals surface area contributed by atoms with Gasteiger partial charge in [0.15, 0.2) is 0 Å². The van der Waals surface area contributed by atoms with Crippen LogP contribution in [0.5, 0.6) is 0 Å². The molecule has 1 saturated heterocycles. The van der Waals surface area contributed by atoms with Crippen molar-refractivity contribution in [3.63, 3.8) is 0 Å². The zero-order valence-corrected chi connectivity index (χ0v) is 20.3. The van der Waals surface area contributed by atoms with E-state index in [2.05, 4.69) is 38.5 Å². The number of nitrogens with zero attached hydrogens (tertiary/aromatic N) is 5. The predicted octanol–water partition coefficient (Wildman–Crippen LogP) is 4.08. The number of hydrogen-bond donors (Lipinski definition) is 0. The van der Waals surface area contributed by atoms with Crippen LogP contribution in [0.1, 0.15) is 17.0 Å². The number of piperazine rings is 1. The molecule has 0 radical (unpaired) electrons. The van der Waals surface area contributed by atoms with Gasteiger partial charge in [-0.1, -0.05) is 66.2 Å². The van der Waals surface area contributed by atoms with E-state index in [1.807, 2.05) is 59.3 Å². The minimum Gasteiger partial charge on any atom is -0.341 e. The Balaban J connectivity index is 1.21. The summed E-state index contributed by atoms with van der Waals surface area (Å²) in [5.41, 5.74) is 2.32. The number of aromatic nitrogens is 2. The molecule has 0 atom stereocenters. The third-order valence-corrected chi connectivity index (χ3v) is 6.75. The van der Waals surface area contributed by atoms with E-state index in [-0.39, 0.29) is 5.91 Å². The van der Waals surface area contributed by atoms with Crippen LogP contribution in [0.4, 0.5) is 5.13 Å². The van der Waals surface area contributed by atoms with Gasteiger partial charge in [0.05, 0.1) is 6.54 Å². The highest BCUT2D eigenvalue weighted by Gasteiger charge is 2.22. The molecule has 0 unspecified atom stereocenters. The Bertz CT molecular complexity index is 1060. The zero-order valence-electron chi connectivity index (χ0n) is 18.7. The fourth-order valence-electron chi connectivity index (χ4n) is 3.71. The van der Waals surface area contributed by atoms with Crippen LogP contribution in [-0.2, 0) is 11.2 Å². The van der Waals surface area contributed by atoms with Crippen molar-refractivity contribution in [2.24, 2.45) is 0 Å². The maximum Gasteiger partial charge on any atom is 0.242 e. The van der Waals surface area contributed by atoms with Crippen molar-refractivity contribution in [1.29, 1.82) is 0 Å². The molecule has 4 rings (SSSR count). The Labute approximate surface area is 204 Å². The molecule has 1 amide bonds. The van der Waals surface area contributed by atoms with Crippen molar-refractivity contribution in [3.8, 4) is 0 Å². The van der Waals surface area contributed by atoms with Gasteiger partial charge in [-0.05, 0) is 23.3 Å². The quantitative estimate of drug-likeness (QED) is 0.485. The van der Waals surface area contributed by atoms with Crippen molar-refractivity contribution < 1.29 is 4.79 Å². The number of carbonyl (C=O) groups excluding carboxylic acids is 1. The first-order valence-corrected chi connectivity index (χ1v) is 12.2. The summed E-state index contributed by atoms with van der Waals surface area (Å²) in [4.78, 5) is 23.6. The highest BCUT2D eigenvalue weighted by Crippen LogP contribution is 2.19. The van der Waals surface area contributed by atoms with Crippen molar-refractivity contribution >= 4 is 40.2 Å². The van der Waals surface area contributed by atoms with E-state index in [0.29, 0.717) is 18.0 Å². The Morgan fingerprint density at radius 2 is 1.82 bits per heavy atom. The number of amides is 1. The first-order chi connectivity index (χ1) is 16.1. The standard InChI is InChI=1S/C25H28ClN5OS/c1-29(25-27-23(28-33-25)18-21-9-11-22(26)12-10-21)19-24(32)31-16-14-30(15-17-31)13-5-8-20-6-3-2-4-7-20/h2-12H,13-19H2,1H3/b8-5+. The lowest BCUT2D eigenvalue weighted by Gasteiger charge is -2.34. The molecule has 172 valence electrons. The zero-order chi connectivity index (χ0) is 23.0. The molecule has 1 aliphatic heterocycles. The van der Waals surface area contributed by atoms with Crippen LogP contribution in [0, 0.1) is 0 Å². The maximum atomic E-state index is 12.8. The van der Waals surface area contributed by atoms with Crippen LogP contribution in [0.2, 0.25) is 5.02 Å². The second-order valence-electron chi connectivity index (χ2n) is 8.15. The van der Waals surface area contributed by atoms with Gasteiger partial charge < -0.3 is 9.80 Å². The Kier molecular flexibility index (Phi) is 8.10. The molecule has 0 bridgehead atoms. The fraction of sp³-hybridized carbons (Fsp3) is 0.320. The summed E-state index contributed by atoms with van der Waals surface area (Å²) in [6.45, 7) is 4.49. The van der Waals surface area contributed by atoms with Crippen LogP contribution >= 0.6 is 23.1 Å². The smallest absolute Gasteiger partial charge is 0.242 e. The van der Waals surface area contributed by atoms with Gasteiger partial charge in [0.1, 0.15) is 5.82 Å². The molecule has 8 heteroatoms. The highest BCUT2D eigenvalue weighted by molar-refractivity contribution is 7.09. The topological polar surface area (TPSA) is 52.6 Å². The minimum absolute atomic E-state index is 0.131. The summed E-state index contributed by atoms with van der Waals surface area (Å²) < 4.78 is 4.45. The van der Waals surface area contributed by atoms with E-state index in [1.54, 1.807) is 0 Å². The number of rotatable bonds is 8. The van der Waals surface area contributed by atoms with E-state index in [1.165, 1.54) is 17.1 Å². The molecule has 33 heavy (non-hydrogen) atoms. The van der Waals surface area contributed by atoms with Crippen LogP contribution < -0.4 is 4.90 Å². The average molecular weight is 482 g/mol. The largest absolute Gasteiger partial charge is 0.341 e. The number of anilines is 1. The van der Waals surface area contributed by atoms with E-state index >= 15 is 0 Å². The summed E-state index contributed by atoms with van der Waals surface area (Å²) in [6, 6.07) is 18.0. The van der Waals surface area contributed by atoms with Crippen molar-refractivity contribution in [2.75, 3.05) is 51.2 Å². The fourth-order valence-corrected chi connectivity index (χ4v) is 4.48. The lowest BCUT2D eigenvalue weighted by Crippen LogP contribution is -2.50. The van der Waals surface area contributed by atoms with Gasteiger partial charge >= 0.3 is 0 Å². The highest BCUT2D eigenvalue weighted by atomic mass is 35.5.